The Morgan fingerprint density at radius 3 is 2.61 bits per heavy atom. The van der Waals surface area contributed by atoms with Gasteiger partial charge in [0.05, 0.1) is 5.02 Å². The van der Waals surface area contributed by atoms with Gasteiger partial charge in [-0.15, -0.1) is 0 Å². The van der Waals surface area contributed by atoms with Crippen molar-refractivity contribution < 1.29 is 58.2 Å². The number of halogens is 2. The van der Waals surface area contributed by atoms with Crippen LogP contribution >= 0.6 is 30.8 Å². The minimum Gasteiger partial charge on any atom is -0.776 e. The predicted molar refractivity (Wildman–Crippen MR) is 81.2 cm³/mol. The predicted octanol–water partition coefficient (Wildman–Crippen LogP) is -0.0186. The quantitative estimate of drug-likeness (QED) is 0.379. The van der Waals surface area contributed by atoms with Crippen molar-refractivity contribution in [3.63, 3.8) is 0 Å². The third-order valence-electron chi connectivity index (χ3n) is 2.68. The van der Waals surface area contributed by atoms with Gasteiger partial charge in [0.1, 0.15) is 5.75 Å². The molecule has 23 heavy (non-hydrogen) atoms. The SMILES string of the molecule is CCCCC(OC(=O)COc1ccc(Cl)cc1Cl)P(=O)([O-])O.[Na+]. The first kappa shape index (κ1) is 23.2. The molecule has 2 unspecified atom stereocenters. The molecule has 0 amide bonds. The molecule has 0 saturated heterocycles. The molecule has 1 aromatic rings. The number of carbonyl (C=O) groups excluding carboxylic acids is 1. The Morgan fingerprint density at radius 2 is 2.09 bits per heavy atom. The molecule has 0 fully saturated rings. The normalized spacial score (nSPS) is 14.3. The van der Waals surface area contributed by atoms with E-state index in [0.29, 0.717) is 17.9 Å². The summed E-state index contributed by atoms with van der Waals surface area (Å²) in [5.74, 6) is -2.27. The van der Waals surface area contributed by atoms with Crippen molar-refractivity contribution >= 4 is 36.8 Å². The van der Waals surface area contributed by atoms with E-state index in [1.807, 2.05) is 6.92 Å². The van der Waals surface area contributed by atoms with Crippen LogP contribution in [0.5, 0.6) is 5.75 Å². The summed E-state index contributed by atoms with van der Waals surface area (Å²) in [5, 5.41) is 0.617. The summed E-state index contributed by atoms with van der Waals surface area (Å²) < 4.78 is 21.0. The number of hydrogen-bond acceptors (Lipinski definition) is 5. The third kappa shape index (κ3) is 8.75. The van der Waals surface area contributed by atoms with E-state index in [2.05, 4.69) is 0 Å². The monoisotopic (exact) mass is 392 g/mol. The van der Waals surface area contributed by atoms with Crippen LogP contribution in [0.15, 0.2) is 18.2 Å². The van der Waals surface area contributed by atoms with Crippen LogP contribution in [0.4, 0.5) is 0 Å². The fourth-order valence-electron chi connectivity index (χ4n) is 1.58. The maximum Gasteiger partial charge on any atom is 1.00 e. The van der Waals surface area contributed by atoms with Crippen LogP contribution in [0.2, 0.25) is 10.0 Å². The van der Waals surface area contributed by atoms with E-state index in [1.54, 1.807) is 0 Å². The van der Waals surface area contributed by atoms with Gasteiger partial charge >= 0.3 is 35.5 Å². The Bertz CT molecular complexity index is 565. The Hall–Kier alpha value is 0.220. The Labute approximate surface area is 166 Å². The largest absolute Gasteiger partial charge is 1.00 e. The van der Waals surface area contributed by atoms with Gasteiger partial charge in [-0.2, -0.15) is 0 Å². The molecular formula is C13H16Cl2NaO6P. The molecule has 0 aliphatic heterocycles. The zero-order chi connectivity index (χ0) is 16.8. The molecular weight excluding hydrogens is 377 g/mol. The van der Waals surface area contributed by atoms with Crippen molar-refractivity contribution in [2.75, 3.05) is 6.61 Å². The number of benzene rings is 1. The molecule has 0 aliphatic rings. The molecule has 0 aliphatic carbocycles. The van der Waals surface area contributed by atoms with Gasteiger partial charge in [-0.1, -0.05) is 36.5 Å². The van der Waals surface area contributed by atoms with Crippen LogP contribution in [-0.2, 0) is 14.1 Å². The second kappa shape index (κ2) is 11.0. The van der Waals surface area contributed by atoms with Crippen LogP contribution in [0.1, 0.15) is 26.2 Å². The summed E-state index contributed by atoms with van der Waals surface area (Å²) in [4.78, 5) is 31.9. The summed E-state index contributed by atoms with van der Waals surface area (Å²) in [6, 6.07) is 4.43. The van der Waals surface area contributed by atoms with Gasteiger partial charge in [-0.05, 0) is 31.0 Å². The zero-order valence-electron chi connectivity index (χ0n) is 12.8. The molecule has 0 spiro atoms. The van der Waals surface area contributed by atoms with Crippen molar-refractivity contribution in [1.82, 2.24) is 0 Å². The molecule has 0 radical (unpaired) electrons. The van der Waals surface area contributed by atoms with Crippen molar-refractivity contribution in [2.24, 2.45) is 0 Å². The molecule has 2 atom stereocenters. The molecule has 0 saturated carbocycles. The number of unbranched alkanes of at least 4 members (excludes halogenated alkanes) is 1. The first-order valence-electron chi connectivity index (χ1n) is 6.55. The average Bonchev–Trinajstić information content (AvgIpc) is 2.41. The minimum absolute atomic E-state index is 0. The van der Waals surface area contributed by atoms with Crippen molar-refractivity contribution in [3.8, 4) is 5.75 Å². The Morgan fingerprint density at radius 1 is 1.43 bits per heavy atom. The van der Waals surface area contributed by atoms with Crippen LogP contribution < -0.4 is 39.2 Å². The number of rotatable bonds is 8. The second-order valence-corrected chi connectivity index (χ2v) is 7.06. The standard InChI is InChI=1S/C13H17Cl2O6P.Na/c1-2-3-4-13(22(17,18)19)21-12(16)8-20-11-6-5-9(14)7-10(11)15;/h5-7,13H,2-4,8H2,1H3,(H2,17,18,19);/q;+1/p-1. The molecule has 10 heteroatoms. The molecule has 1 rings (SSSR count). The summed E-state index contributed by atoms with van der Waals surface area (Å²) in [6.45, 7) is 1.31. The second-order valence-electron chi connectivity index (χ2n) is 4.51. The number of carbonyl (C=O) groups is 1. The van der Waals surface area contributed by atoms with Crippen LogP contribution in [0.3, 0.4) is 0 Å². The summed E-state index contributed by atoms with van der Waals surface area (Å²) in [5.41, 5.74) is 0. The van der Waals surface area contributed by atoms with Crippen LogP contribution in [-0.4, -0.2) is 23.3 Å². The first-order valence-corrected chi connectivity index (χ1v) is 8.95. The number of esters is 1. The summed E-state index contributed by atoms with van der Waals surface area (Å²) in [6.07, 6.45) is 1.22. The molecule has 0 aromatic heterocycles. The van der Waals surface area contributed by atoms with Crippen molar-refractivity contribution in [3.05, 3.63) is 28.2 Å². The molecule has 0 heterocycles. The van der Waals surface area contributed by atoms with Gasteiger partial charge in [0.25, 0.3) is 0 Å². The van der Waals surface area contributed by atoms with E-state index in [0.717, 1.165) is 0 Å². The maximum atomic E-state index is 11.6. The van der Waals surface area contributed by atoms with Gasteiger partial charge in [0, 0.05) is 5.02 Å². The maximum absolute atomic E-state index is 11.6. The molecule has 1 aromatic carbocycles. The van der Waals surface area contributed by atoms with E-state index < -0.39 is 26.0 Å². The van der Waals surface area contributed by atoms with E-state index in [9.17, 15) is 14.3 Å². The smallest absolute Gasteiger partial charge is 0.776 e. The van der Waals surface area contributed by atoms with Gasteiger partial charge in [-0.3, -0.25) is 0 Å². The number of ether oxygens (including phenoxy) is 2. The molecule has 124 valence electrons. The zero-order valence-corrected chi connectivity index (χ0v) is 17.2. The van der Waals surface area contributed by atoms with E-state index in [-0.39, 0.29) is 46.8 Å². The fraction of sp³-hybridized carbons (Fsp3) is 0.462. The van der Waals surface area contributed by atoms with Crippen molar-refractivity contribution in [1.29, 1.82) is 0 Å². The summed E-state index contributed by atoms with van der Waals surface area (Å²) in [7, 11) is -4.76. The van der Waals surface area contributed by atoms with Crippen LogP contribution in [0, 0.1) is 0 Å². The van der Waals surface area contributed by atoms with Crippen molar-refractivity contribution in [2.45, 2.75) is 32.0 Å². The Balaban J connectivity index is 0.00000484. The number of hydrogen-bond donors (Lipinski definition) is 1. The van der Waals surface area contributed by atoms with E-state index in [4.69, 9.17) is 37.6 Å². The Kier molecular flexibility index (Phi) is 11.1. The summed E-state index contributed by atoms with van der Waals surface area (Å²) >= 11 is 11.6. The van der Waals surface area contributed by atoms with Gasteiger partial charge < -0.3 is 23.8 Å². The fourth-order valence-corrected chi connectivity index (χ4v) is 2.80. The minimum atomic E-state index is -4.76. The topological polar surface area (TPSA) is 95.9 Å². The van der Waals surface area contributed by atoms with E-state index in [1.165, 1.54) is 18.2 Å². The van der Waals surface area contributed by atoms with E-state index >= 15 is 0 Å². The van der Waals surface area contributed by atoms with Crippen LogP contribution in [0.25, 0.3) is 0 Å². The first-order chi connectivity index (χ1) is 10.2. The third-order valence-corrected chi connectivity index (χ3v) is 4.30. The molecule has 0 bridgehead atoms. The molecule has 1 N–H and O–H groups in total. The van der Waals surface area contributed by atoms with Gasteiger partial charge in [-0.25, -0.2) is 4.79 Å². The van der Waals surface area contributed by atoms with Gasteiger partial charge in [0.2, 0.25) is 0 Å². The average molecular weight is 393 g/mol. The van der Waals surface area contributed by atoms with Gasteiger partial charge in [0.15, 0.2) is 20.0 Å². The molecule has 6 nitrogen and oxygen atoms in total.